The van der Waals surface area contributed by atoms with Crippen LogP contribution in [0.2, 0.25) is 5.02 Å². The topological polar surface area (TPSA) is 32.3 Å². The molecule has 0 saturated carbocycles. The lowest BCUT2D eigenvalue weighted by atomic mass is 10.1. The fourth-order valence-corrected chi connectivity index (χ4v) is 3.04. The summed E-state index contributed by atoms with van der Waals surface area (Å²) in [6, 6.07) is 28.0. The number of hydrogen-bond acceptors (Lipinski definition) is 2. The smallest absolute Gasteiger partial charge is 0.234 e. The molecule has 0 fully saturated rings. The van der Waals surface area contributed by atoms with Gasteiger partial charge in [0.1, 0.15) is 0 Å². The molecule has 3 aromatic carbocycles. The third kappa shape index (κ3) is 6.55. The summed E-state index contributed by atoms with van der Waals surface area (Å²) in [7, 11) is 0. The molecule has 0 aromatic heterocycles. The Morgan fingerprint density at radius 1 is 0.741 bits per heavy atom. The highest BCUT2D eigenvalue weighted by Crippen LogP contribution is 2.11. The van der Waals surface area contributed by atoms with Crippen LogP contribution in [0.4, 0.5) is 0 Å². The van der Waals surface area contributed by atoms with Crippen LogP contribution in [0.3, 0.4) is 0 Å². The predicted molar refractivity (Wildman–Crippen MR) is 110 cm³/mol. The van der Waals surface area contributed by atoms with E-state index >= 15 is 0 Å². The molecule has 1 N–H and O–H groups in total. The molecule has 27 heavy (non-hydrogen) atoms. The van der Waals surface area contributed by atoms with Crippen molar-refractivity contribution in [3.8, 4) is 0 Å². The van der Waals surface area contributed by atoms with Crippen molar-refractivity contribution in [2.75, 3.05) is 6.54 Å². The molecule has 0 unspecified atom stereocenters. The number of amides is 1. The van der Waals surface area contributed by atoms with Crippen molar-refractivity contribution >= 4 is 17.5 Å². The van der Waals surface area contributed by atoms with E-state index in [0.29, 0.717) is 18.1 Å². The fourth-order valence-electron chi connectivity index (χ4n) is 2.91. The van der Waals surface area contributed by atoms with Gasteiger partial charge >= 0.3 is 0 Å². The molecule has 0 spiro atoms. The van der Waals surface area contributed by atoms with E-state index in [0.717, 1.165) is 18.7 Å². The summed E-state index contributed by atoms with van der Waals surface area (Å²) < 4.78 is 0. The van der Waals surface area contributed by atoms with Crippen molar-refractivity contribution in [2.45, 2.75) is 19.6 Å². The standard InChI is InChI=1S/C23H23ClN2O/c24-22-13-11-19(12-14-22)15-25-23(27)18-26(16-20-7-3-1-4-8-20)17-21-9-5-2-6-10-21/h1-14H,15-18H2,(H,25,27). The first-order chi connectivity index (χ1) is 13.2. The minimum atomic E-state index is 0.0109. The summed E-state index contributed by atoms with van der Waals surface area (Å²) in [6.45, 7) is 2.30. The average molecular weight is 379 g/mol. The van der Waals surface area contributed by atoms with Gasteiger partial charge in [-0.15, -0.1) is 0 Å². The molecule has 0 bridgehead atoms. The van der Waals surface area contributed by atoms with Crippen LogP contribution in [0.25, 0.3) is 0 Å². The summed E-state index contributed by atoms with van der Waals surface area (Å²) in [6.07, 6.45) is 0. The number of carbonyl (C=O) groups is 1. The summed E-state index contributed by atoms with van der Waals surface area (Å²) >= 11 is 5.90. The normalized spacial score (nSPS) is 10.7. The van der Waals surface area contributed by atoms with Crippen LogP contribution in [0.1, 0.15) is 16.7 Å². The van der Waals surface area contributed by atoms with Crippen molar-refractivity contribution < 1.29 is 4.79 Å². The molecular formula is C23H23ClN2O. The Labute approximate surface area is 165 Å². The van der Waals surface area contributed by atoms with Gasteiger partial charge in [-0.1, -0.05) is 84.4 Å². The molecule has 0 aliphatic rings. The number of carbonyl (C=O) groups excluding carboxylic acids is 1. The second kappa shape index (κ2) is 9.91. The zero-order valence-corrected chi connectivity index (χ0v) is 15.9. The Hall–Kier alpha value is -2.62. The van der Waals surface area contributed by atoms with Crippen LogP contribution in [-0.4, -0.2) is 17.4 Å². The van der Waals surface area contributed by atoms with Crippen LogP contribution < -0.4 is 5.32 Å². The van der Waals surface area contributed by atoms with Crippen LogP contribution in [0, 0.1) is 0 Å². The average Bonchev–Trinajstić information content (AvgIpc) is 2.69. The van der Waals surface area contributed by atoms with Crippen molar-refractivity contribution in [3.63, 3.8) is 0 Å². The first-order valence-corrected chi connectivity index (χ1v) is 9.38. The highest BCUT2D eigenvalue weighted by atomic mass is 35.5. The van der Waals surface area contributed by atoms with Gasteiger partial charge in [-0.05, 0) is 28.8 Å². The van der Waals surface area contributed by atoms with E-state index in [1.54, 1.807) is 0 Å². The van der Waals surface area contributed by atoms with E-state index in [1.165, 1.54) is 11.1 Å². The molecule has 1 amide bonds. The van der Waals surface area contributed by atoms with Gasteiger partial charge in [0.05, 0.1) is 6.54 Å². The molecule has 0 atom stereocenters. The molecule has 0 radical (unpaired) electrons. The number of rotatable bonds is 8. The lowest BCUT2D eigenvalue weighted by Crippen LogP contribution is -2.36. The Morgan fingerprint density at radius 2 is 1.26 bits per heavy atom. The van der Waals surface area contributed by atoms with Crippen LogP contribution in [-0.2, 0) is 24.4 Å². The van der Waals surface area contributed by atoms with Crippen molar-refractivity contribution in [1.82, 2.24) is 10.2 Å². The first kappa shape index (κ1) is 19.2. The van der Waals surface area contributed by atoms with E-state index in [9.17, 15) is 4.79 Å². The van der Waals surface area contributed by atoms with E-state index in [4.69, 9.17) is 11.6 Å². The zero-order chi connectivity index (χ0) is 18.9. The van der Waals surface area contributed by atoms with E-state index in [2.05, 4.69) is 34.5 Å². The third-order valence-corrected chi connectivity index (χ3v) is 4.52. The Kier molecular flexibility index (Phi) is 7.03. The second-order valence-electron chi connectivity index (χ2n) is 6.52. The molecule has 3 nitrogen and oxygen atoms in total. The Bertz CT molecular complexity index is 794. The number of hydrogen-bond donors (Lipinski definition) is 1. The van der Waals surface area contributed by atoms with Crippen molar-refractivity contribution in [3.05, 3.63) is 107 Å². The van der Waals surface area contributed by atoms with Gasteiger partial charge in [-0.25, -0.2) is 0 Å². The summed E-state index contributed by atoms with van der Waals surface area (Å²) in [5.74, 6) is 0.0109. The number of halogens is 1. The summed E-state index contributed by atoms with van der Waals surface area (Å²) in [5, 5.41) is 3.69. The minimum absolute atomic E-state index is 0.0109. The molecule has 0 aliphatic heterocycles. The van der Waals surface area contributed by atoms with Gasteiger partial charge in [-0.3, -0.25) is 9.69 Å². The largest absolute Gasteiger partial charge is 0.351 e. The number of nitrogens with zero attached hydrogens (tertiary/aromatic N) is 1. The van der Waals surface area contributed by atoms with Gasteiger partial charge < -0.3 is 5.32 Å². The lowest BCUT2D eigenvalue weighted by molar-refractivity contribution is -0.122. The second-order valence-corrected chi connectivity index (χ2v) is 6.96. The molecule has 0 heterocycles. The lowest BCUT2D eigenvalue weighted by Gasteiger charge is -2.22. The van der Waals surface area contributed by atoms with E-state index in [-0.39, 0.29) is 5.91 Å². The van der Waals surface area contributed by atoms with Crippen LogP contribution in [0.5, 0.6) is 0 Å². The van der Waals surface area contributed by atoms with Gasteiger partial charge in [0.25, 0.3) is 0 Å². The van der Waals surface area contributed by atoms with Gasteiger partial charge in [0, 0.05) is 24.7 Å². The van der Waals surface area contributed by atoms with E-state index in [1.807, 2.05) is 60.7 Å². The molecule has 0 aliphatic carbocycles. The Morgan fingerprint density at radius 3 is 1.78 bits per heavy atom. The quantitative estimate of drug-likeness (QED) is 0.618. The zero-order valence-electron chi connectivity index (χ0n) is 15.1. The maximum atomic E-state index is 12.5. The predicted octanol–water partition coefficient (Wildman–Crippen LogP) is 4.66. The van der Waals surface area contributed by atoms with Gasteiger partial charge in [0.2, 0.25) is 5.91 Å². The molecule has 3 rings (SSSR count). The van der Waals surface area contributed by atoms with Crippen LogP contribution >= 0.6 is 11.6 Å². The highest BCUT2D eigenvalue weighted by molar-refractivity contribution is 6.30. The molecule has 4 heteroatoms. The SMILES string of the molecule is O=C(CN(Cc1ccccc1)Cc1ccccc1)NCc1ccc(Cl)cc1. The monoisotopic (exact) mass is 378 g/mol. The Balaban J connectivity index is 1.60. The summed E-state index contributed by atoms with van der Waals surface area (Å²) in [5.41, 5.74) is 3.42. The fraction of sp³-hybridized carbons (Fsp3) is 0.174. The van der Waals surface area contributed by atoms with Crippen molar-refractivity contribution in [1.29, 1.82) is 0 Å². The number of benzene rings is 3. The number of nitrogens with one attached hydrogen (secondary N) is 1. The molecule has 138 valence electrons. The van der Waals surface area contributed by atoms with E-state index < -0.39 is 0 Å². The third-order valence-electron chi connectivity index (χ3n) is 4.27. The summed E-state index contributed by atoms with van der Waals surface area (Å²) in [4.78, 5) is 14.6. The minimum Gasteiger partial charge on any atom is -0.351 e. The van der Waals surface area contributed by atoms with Crippen molar-refractivity contribution in [2.24, 2.45) is 0 Å². The van der Waals surface area contributed by atoms with Gasteiger partial charge in [-0.2, -0.15) is 0 Å². The molecule has 0 saturated heterocycles. The first-order valence-electron chi connectivity index (χ1n) is 9.00. The highest BCUT2D eigenvalue weighted by Gasteiger charge is 2.12. The van der Waals surface area contributed by atoms with Gasteiger partial charge in [0.15, 0.2) is 0 Å². The maximum Gasteiger partial charge on any atom is 0.234 e. The van der Waals surface area contributed by atoms with Crippen LogP contribution in [0.15, 0.2) is 84.9 Å². The molecular weight excluding hydrogens is 356 g/mol. The molecule has 3 aromatic rings. The maximum absolute atomic E-state index is 12.5.